The second-order valence-corrected chi connectivity index (χ2v) is 8.23. The Labute approximate surface area is 180 Å². The van der Waals surface area contributed by atoms with Gasteiger partial charge in [0.2, 0.25) is 0 Å². The van der Waals surface area contributed by atoms with E-state index in [2.05, 4.69) is 83.6 Å². The van der Waals surface area contributed by atoms with Gasteiger partial charge in [-0.2, -0.15) is 0 Å². The van der Waals surface area contributed by atoms with E-state index in [9.17, 15) is 0 Å². The SMILES string of the molecule is CCNC(=NCc1ccccc1CC)NCCCc1nnc(SC)n1CC(C)C. The fourth-order valence-corrected chi connectivity index (χ4v) is 3.74. The minimum atomic E-state index is 0.576. The van der Waals surface area contributed by atoms with Crippen LogP contribution in [0.15, 0.2) is 34.4 Å². The van der Waals surface area contributed by atoms with Gasteiger partial charge in [0.05, 0.1) is 6.54 Å². The van der Waals surface area contributed by atoms with Crippen molar-refractivity contribution in [1.82, 2.24) is 25.4 Å². The van der Waals surface area contributed by atoms with E-state index in [1.54, 1.807) is 11.8 Å². The highest BCUT2D eigenvalue weighted by Crippen LogP contribution is 2.16. The summed E-state index contributed by atoms with van der Waals surface area (Å²) in [5.74, 6) is 2.52. The highest BCUT2D eigenvalue weighted by Gasteiger charge is 2.12. The Morgan fingerprint density at radius 3 is 2.55 bits per heavy atom. The first-order valence-electron chi connectivity index (χ1n) is 10.6. The number of thioether (sulfide) groups is 1. The number of guanidine groups is 1. The molecule has 2 rings (SSSR count). The van der Waals surface area contributed by atoms with Gasteiger partial charge in [-0.05, 0) is 43.1 Å². The first-order chi connectivity index (χ1) is 14.1. The molecule has 0 aliphatic heterocycles. The number of benzene rings is 1. The molecule has 0 aliphatic rings. The van der Waals surface area contributed by atoms with Crippen molar-refractivity contribution in [3.05, 3.63) is 41.2 Å². The van der Waals surface area contributed by atoms with Crippen molar-refractivity contribution in [2.45, 2.75) is 65.2 Å². The van der Waals surface area contributed by atoms with Crippen molar-refractivity contribution >= 4 is 17.7 Å². The Bertz CT molecular complexity index is 768. The van der Waals surface area contributed by atoms with Crippen LogP contribution in [0.4, 0.5) is 0 Å². The summed E-state index contributed by atoms with van der Waals surface area (Å²) >= 11 is 1.66. The first-order valence-corrected chi connectivity index (χ1v) is 11.9. The van der Waals surface area contributed by atoms with Crippen molar-refractivity contribution in [3.63, 3.8) is 0 Å². The monoisotopic (exact) mass is 416 g/mol. The van der Waals surface area contributed by atoms with Gasteiger partial charge in [-0.3, -0.25) is 0 Å². The van der Waals surface area contributed by atoms with Crippen LogP contribution in [0.25, 0.3) is 0 Å². The molecule has 0 spiro atoms. The number of rotatable bonds is 11. The third-order valence-corrected chi connectivity index (χ3v) is 5.31. The molecule has 0 atom stereocenters. The normalized spacial score (nSPS) is 11.9. The van der Waals surface area contributed by atoms with Crippen LogP contribution in [0.2, 0.25) is 0 Å². The average Bonchev–Trinajstić information content (AvgIpc) is 3.10. The number of nitrogens with one attached hydrogen (secondary N) is 2. The molecule has 160 valence electrons. The first kappa shape index (κ1) is 23.3. The molecule has 2 aromatic rings. The van der Waals surface area contributed by atoms with E-state index in [0.29, 0.717) is 12.5 Å². The van der Waals surface area contributed by atoms with E-state index in [0.717, 1.165) is 55.8 Å². The number of hydrogen-bond donors (Lipinski definition) is 2. The summed E-state index contributed by atoms with van der Waals surface area (Å²) in [5, 5.41) is 16.5. The molecular formula is C22H36N6S. The van der Waals surface area contributed by atoms with Gasteiger partial charge in [-0.15, -0.1) is 10.2 Å². The van der Waals surface area contributed by atoms with Gasteiger partial charge in [-0.1, -0.05) is 56.8 Å². The fourth-order valence-electron chi connectivity index (χ4n) is 3.22. The summed E-state index contributed by atoms with van der Waals surface area (Å²) in [4.78, 5) is 4.77. The minimum absolute atomic E-state index is 0.576. The number of nitrogens with zero attached hydrogens (tertiary/aromatic N) is 4. The number of aromatic nitrogens is 3. The molecular weight excluding hydrogens is 380 g/mol. The topological polar surface area (TPSA) is 67.1 Å². The highest BCUT2D eigenvalue weighted by atomic mass is 32.2. The molecule has 0 bridgehead atoms. The smallest absolute Gasteiger partial charge is 0.191 e. The van der Waals surface area contributed by atoms with Crippen LogP contribution in [-0.2, 0) is 25.9 Å². The molecule has 0 saturated carbocycles. The molecule has 0 aliphatic carbocycles. The summed E-state index contributed by atoms with van der Waals surface area (Å²) in [7, 11) is 0. The van der Waals surface area contributed by atoms with Crippen LogP contribution < -0.4 is 10.6 Å². The predicted molar refractivity (Wildman–Crippen MR) is 124 cm³/mol. The van der Waals surface area contributed by atoms with Gasteiger partial charge in [0.25, 0.3) is 0 Å². The van der Waals surface area contributed by atoms with E-state index in [1.165, 1.54) is 11.1 Å². The molecule has 0 saturated heterocycles. The quantitative estimate of drug-likeness (QED) is 0.252. The minimum Gasteiger partial charge on any atom is -0.357 e. The van der Waals surface area contributed by atoms with Gasteiger partial charge in [0.1, 0.15) is 5.82 Å². The van der Waals surface area contributed by atoms with E-state index >= 15 is 0 Å². The summed E-state index contributed by atoms with van der Waals surface area (Å²) in [5.41, 5.74) is 2.65. The number of hydrogen-bond acceptors (Lipinski definition) is 4. The Hall–Kier alpha value is -2.02. The van der Waals surface area contributed by atoms with Gasteiger partial charge in [-0.25, -0.2) is 4.99 Å². The number of aliphatic imine (C=N–C) groups is 1. The van der Waals surface area contributed by atoms with Crippen molar-refractivity contribution in [2.24, 2.45) is 10.9 Å². The van der Waals surface area contributed by atoms with Crippen LogP contribution >= 0.6 is 11.8 Å². The van der Waals surface area contributed by atoms with Gasteiger partial charge < -0.3 is 15.2 Å². The molecule has 0 amide bonds. The molecule has 29 heavy (non-hydrogen) atoms. The molecule has 1 heterocycles. The van der Waals surface area contributed by atoms with E-state index < -0.39 is 0 Å². The van der Waals surface area contributed by atoms with Crippen LogP contribution in [0.3, 0.4) is 0 Å². The van der Waals surface area contributed by atoms with Crippen molar-refractivity contribution in [3.8, 4) is 0 Å². The molecule has 6 nitrogen and oxygen atoms in total. The van der Waals surface area contributed by atoms with Crippen molar-refractivity contribution in [1.29, 1.82) is 0 Å². The Balaban J connectivity index is 1.90. The molecule has 1 aromatic heterocycles. The standard InChI is InChI=1S/C22H36N6S/c1-6-18-11-8-9-12-19(18)15-25-21(23-7-2)24-14-10-13-20-26-27-22(29-5)28(20)16-17(3)4/h8-9,11-12,17H,6-7,10,13-16H2,1-5H3,(H2,23,24,25). The maximum absolute atomic E-state index is 4.77. The van der Waals surface area contributed by atoms with Crippen LogP contribution in [0, 0.1) is 5.92 Å². The molecule has 2 N–H and O–H groups in total. The Kier molecular flexibility index (Phi) is 10.0. The summed E-state index contributed by atoms with van der Waals surface area (Å²) < 4.78 is 2.26. The third kappa shape index (κ3) is 7.38. The lowest BCUT2D eigenvalue weighted by Gasteiger charge is -2.13. The molecule has 0 radical (unpaired) electrons. The average molecular weight is 417 g/mol. The Morgan fingerprint density at radius 1 is 1.14 bits per heavy atom. The Morgan fingerprint density at radius 2 is 1.90 bits per heavy atom. The zero-order valence-corrected chi connectivity index (χ0v) is 19.4. The molecule has 0 fully saturated rings. The highest BCUT2D eigenvalue weighted by molar-refractivity contribution is 7.98. The summed E-state index contributed by atoms with van der Waals surface area (Å²) in [6.07, 6.45) is 4.98. The van der Waals surface area contributed by atoms with Gasteiger partial charge >= 0.3 is 0 Å². The summed E-state index contributed by atoms with van der Waals surface area (Å²) in [6.45, 7) is 12.1. The molecule has 1 aromatic carbocycles. The van der Waals surface area contributed by atoms with Crippen LogP contribution in [0.5, 0.6) is 0 Å². The van der Waals surface area contributed by atoms with Crippen molar-refractivity contribution in [2.75, 3.05) is 19.3 Å². The lowest BCUT2D eigenvalue weighted by atomic mass is 10.1. The van der Waals surface area contributed by atoms with Gasteiger partial charge in [0.15, 0.2) is 11.1 Å². The van der Waals surface area contributed by atoms with Crippen LogP contribution in [-0.4, -0.2) is 40.1 Å². The predicted octanol–water partition coefficient (Wildman–Crippen LogP) is 3.91. The van der Waals surface area contributed by atoms with E-state index in [1.807, 2.05) is 0 Å². The lowest BCUT2D eigenvalue weighted by molar-refractivity contribution is 0.477. The second-order valence-electron chi connectivity index (χ2n) is 7.46. The number of aryl methyl sites for hydroxylation is 2. The lowest BCUT2D eigenvalue weighted by Crippen LogP contribution is -2.38. The van der Waals surface area contributed by atoms with Crippen LogP contribution in [0.1, 0.15) is 51.1 Å². The molecule has 0 unspecified atom stereocenters. The van der Waals surface area contributed by atoms with Gasteiger partial charge in [0, 0.05) is 26.1 Å². The largest absolute Gasteiger partial charge is 0.357 e. The maximum Gasteiger partial charge on any atom is 0.191 e. The van der Waals surface area contributed by atoms with E-state index in [4.69, 9.17) is 4.99 Å². The second kappa shape index (κ2) is 12.5. The third-order valence-electron chi connectivity index (χ3n) is 4.64. The molecule has 7 heteroatoms. The van der Waals surface area contributed by atoms with E-state index in [-0.39, 0.29) is 0 Å². The summed E-state index contributed by atoms with van der Waals surface area (Å²) in [6, 6.07) is 8.52. The maximum atomic E-state index is 4.77. The zero-order valence-electron chi connectivity index (χ0n) is 18.5. The zero-order chi connectivity index (χ0) is 21.1. The van der Waals surface area contributed by atoms with Crippen molar-refractivity contribution < 1.29 is 0 Å². The fraction of sp³-hybridized carbons (Fsp3) is 0.591.